The number of rotatable bonds is 5. The van der Waals surface area contributed by atoms with Crippen molar-refractivity contribution in [1.29, 1.82) is 0 Å². The molecule has 98 valence electrons. The van der Waals surface area contributed by atoms with Crippen LogP contribution in [0.1, 0.15) is 23.2 Å². The average Bonchev–Trinajstić information content (AvgIpc) is 3.11. The minimum absolute atomic E-state index is 0.00717. The summed E-state index contributed by atoms with van der Waals surface area (Å²) in [6.07, 6.45) is 1.67. The molecular formula is C11H14N2O4S. The number of hydrogen-bond donors (Lipinski definition) is 3. The van der Waals surface area contributed by atoms with Gasteiger partial charge in [-0.1, -0.05) is 0 Å². The van der Waals surface area contributed by atoms with Gasteiger partial charge in [0.1, 0.15) is 0 Å². The van der Waals surface area contributed by atoms with E-state index in [0.29, 0.717) is 5.69 Å². The molecule has 0 bridgehead atoms. The maximum Gasteiger partial charge on any atom is 0.337 e. The molecule has 3 N–H and O–H groups in total. The summed E-state index contributed by atoms with van der Waals surface area (Å²) in [4.78, 5) is 11.0. The van der Waals surface area contributed by atoms with E-state index in [9.17, 15) is 13.2 Å². The van der Waals surface area contributed by atoms with E-state index in [1.165, 1.54) is 18.2 Å². The second kappa shape index (κ2) is 4.58. The topological polar surface area (TPSA) is 95.5 Å². The fourth-order valence-corrected chi connectivity index (χ4v) is 2.90. The molecule has 0 unspecified atom stereocenters. The fraction of sp³-hybridized carbons (Fsp3) is 0.364. The van der Waals surface area contributed by atoms with Crippen molar-refractivity contribution in [2.45, 2.75) is 23.8 Å². The molecule has 1 aliphatic carbocycles. The summed E-state index contributed by atoms with van der Waals surface area (Å²) in [6, 6.07) is 4.00. The third-order valence-electron chi connectivity index (χ3n) is 2.70. The summed E-state index contributed by atoms with van der Waals surface area (Å²) in [5, 5.41) is 11.7. The lowest BCUT2D eigenvalue weighted by Gasteiger charge is -2.09. The Labute approximate surface area is 105 Å². The minimum atomic E-state index is -3.62. The molecule has 1 fully saturated rings. The first-order chi connectivity index (χ1) is 8.44. The van der Waals surface area contributed by atoms with Crippen molar-refractivity contribution < 1.29 is 18.3 Å². The summed E-state index contributed by atoms with van der Waals surface area (Å²) in [5.74, 6) is -1.16. The minimum Gasteiger partial charge on any atom is -0.478 e. The second-order valence-electron chi connectivity index (χ2n) is 4.16. The Morgan fingerprint density at radius 3 is 2.56 bits per heavy atom. The van der Waals surface area contributed by atoms with Gasteiger partial charge in [-0.05, 0) is 31.0 Å². The molecule has 0 spiro atoms. The summed E-state index contributed by atoms with van der Waals surface area (Å²) in [5.41, 5.74) is 0.323. The standard InChI is InChI=1S/C11H14N2O4S/c1-12-10-5-4-8(6-9(10)11(14)15)18(16,17)13-7-2-3-7/h4-7,12-13H,2-3H2,1H3,(H,14,15). The van der Waals surface area contributed by atoms with Crippen LogP contribution >= 0.6 is 0 Å². The number of nitrogens with one attached hydrogen (secondary N) is 2. The highest BCUT2D eigenvalue weighted by Gasteiger charge is 2.28. The van der Waals surface area contributed by atoms with Crippen molar-refractivity contribution in [2.75, 3.05) is 12.4 Å². The van der Waals surface area contributed by atoms with Gasteiger partial charge in [0.2, 0.25) is 10.0 Å². The smallest absolute Gasteiger partial charge is 0.337 e. The highest BCUT2D eigenvalue weighted by molar-refractivity contribution is 7.89. The van der Waals surface area contributed by atoms with Crippen LogP contribution in [-0.2, 0) is 10.0 Å². The largest absolute Gasteiger partial charge is 0.478 e. The number of anilines is 1. The zero-order chi connectivity index (χ0) is 13.3. The molecule has 0 heterocycles. The first-order valence-electron chi connectivity index (χ1n) is 5.51. The number of carboxylic acid groups (broad SMARTS) is 1. The molecule has 0 radical (unpaired) electrons. The molecule has 0 saturated heterocycles. The molecule has 0 aliphatic heterocycles. The summed E-state index contributed by atoms with van der Waals surface area (Å²) in [6.45, 7) is 0. The van der Waals surface area contributed by atoms with Gasteiger partial charge in [0.05, 0.1) is 10.5 Å². The lowest BCUT2D eigenvalue weighted by atomic mass is 10.2. The third-order valence-corrected chi connectivity index (χ3v) is 4.22. The van der Waals surface area contributed by atoms with Crippen LogP contribution in [0.4, 0.5) is 5.69 Å². The van der Waals surface area contributed by atoms with Crippen molar-refractivity contribution >= 4 is 21.7 Å². The molecule has 7 heteroatoms. The monoisotopic (exact) mass is 270 g/mol. The van der Waals surface area contributed by atoms with Crippen molar-refractivity contribution in [3.63, 3.8) is 0 Å². The van der Waals surface area contributed by atoms with Crippen LogP contribution in [-0.4, -0.2) is 32.6 Å². The SMILES string of the molecule is CNc1ccc(S(=O)(=O)NC2CC2)cc1C(=O)O. The van der Waals surface area contributed by atoms with Crippen molar-refractivity contribution in [1.82, 2.24) is 4.72 Å². The number of aromatic carboxylic acids is 1. The van der Waals surface area contributed by atoms with Crippen molar-refractivity contribution in [2.24, 2.45) is 0 Å². The molecule has 0 amide bonds. The number of sulfonamides is 1. The molecule has 0 aromatic heterocycles. The van der Waals surface area contributed by atoms with Crippen LogP contribution in [0.2, 0.25) is 0 Å². The van der Waals surface area contributed by atoms with Gasteiger partial charge in [0.25, 0.3) is 0 Å². The van der Waals surface area contributed by atoms with Crippen LogP contribution in [0, 0.1) is 0 Å². The van der Waals surface area contributed by atoms with E-state index >= 15 is 0 Å². The first kappa shape index (κ1) is 12.8. The van der Waals surface area contributed by atoms with E-state index in [0.717, 1.165) is 12.8 Å². The maximum atomic E-state index is 11.9. The van der Waals surface area contributed by atoms with E-state index in [1.807, 2.05) is 0 Å². The second-order valence-corrected chi connectivity index (χ2v) is 5.87. The lowest BCUT2D eigenvalue weighted by Crippen LogP contribution is -2.26. The Morgan fingerprint density at radius 1 is 1.39 bits per heavy atom. The van der Waals surface area contributed by atoms with Gasteiger partial charge >= 0.3 is 5.97 Å². The molecule has 1 aromatic carbocycles. The Balaban J connectivity index is 2.39. The van der Waals surface area contributed by atoms with Gasteiger partial charge in [0.15, 0.2) is 0 Å². The number of carboxylic acids is 1. The Hall–Kier alpha value is -1.60. The molecule has 1 aliphatic rings. The molecule has 6 nitrogen and oxygen atoms in total. The number of carbonyl (C=O) groups is 1. The van der Waals surface area contributed by atoms with Crippen LogP contribution in [0.5, 0.6) is 0 Å². The fourth-order valence-electron chi connectivity index (χ4n) is 1.57. The quantitative estimate of drug-likeness (QED) is 0.737. The normalized spacial score (nSPS) is 15.4. The Kier molecular flexibility index (Phi) is 3.27. The van der Waals surface area contributed by atoms with Gasteiger partial charge in [-0.3, -0.25) is 0 Å². The molecule has 0 atom stereocenters. The van der Waals surface area contributed by atoms with E-state index in [4.69, 9.17) is 5.11 Å². The van der Waals surface area contributed by atoms with Crippen LogP contribution in [0.15, 0.2) is 23.1 Å². The number of benzene rings is 1. The highest BCUT2D eigenvalue weighted by atomic mass is 32.2. The van der Waals surface area contributed by atoms with Gasteiger partial charge in [-0.25, -0.2) is 17.9 Å². The highest BCUT2D eigenvalue weighted by Crippen LogP contribution is 2.24. The van der Waals surface area contributed by atoms with Gasteiger partial charge < -0.3 is 10.4 Å². The van der Waals surface area contributed by atoms with Crippen LogP contribution in [0.3, 0.4) is 0 Å². The molecule has 1 saturated carbocycles. The van der Waals surface area contributed by atoms with Crippen LogP contribution < -0.4 is 10.0 Å². The van der Waals surface area contributed by atoms with E-state index in [2.05, 4.69) is 10.0 Å². The van der Waals surface area contributed by atoms with Gasteiger partial charge in [0, 0.05) is 18.8 Å². The predicted octanol–water partition coefficient (Wildman–Crippen LogP) is 0.867. The maximum absolute atomic E-state index is 11.9. The Bertz CT molecular complexity index is 579. The third kappa shape index (κ3) is 2.62. The summed E-state index contributed by atoms with van der Waals surface area (Å²) >= 11 is 0. The average molecular weight is 270 g/mol. The zero-order valence-electron chi connectivity index (χ0n) is 9.80. The lowest BCUT2D eigenvalue weighted by molar-refractivity contribution is 0.0697. The summed E-state index contributed by atoms with van der Waals surface area (Å²) in [7, 11) is -2.04. The molecule has 1 aromatic rings. The molecular weight excluding hydrogens is 256 g/mol. The van der Waals surface area contributed by atoms with Crippen molar-refractivity contribution in [3.05, 3.63) is 23.8 Å². The van der Waals surface area contributed by atoms with E-state index < -0.39 is 16.0 Å². The molecule has 18 heavy (non-hydrogen) atoms. The van der Waals surface area contributed by atoms with E-state index in [-0.39, 0.29) is 16.5 Å². The van der Waals surface area contributed by atoms with Crippen LogP contribution in [0.25, 0.3) is 0 Å². The predicted molar refractivity (Wildman–Crippen MR) is 66.3 cm³/mol. The van der Waals surface area contributed by atoms with E-state index in [1.54, 1.807) is 7.05 Å². The van der Waals surface area contributed by atoms with Gasteiger partial charge in [-0.2, -0.15) is 0 Å². The zero-order valence-corrected chi connectivity index (χ0v) is 10.6. The number of hydrogen-bond acceptors (Lipinski definition) is 4. The van der Waals surface area contributed by atoms with Crippen molar-refractivity contribution in [3.8, 4) is 0 Å². The first-order valence-corrected chi connectivity index (χ1v) is 7.00. The van der Waals surface area contributed by atoms with Gasteiger partial charge in [-0.15, -0.1) is 0 Å². The Morgan fingerprint density at radius 2 is 2.06 bits per heavy atom. The molecule has 2 rings (SSSR count). The summed E-state index contributed by atoms with van der Waals surface area (Å²) < 4.78 is 26.4.